The zero-order chi connectivity index (χ0) is 14.5. The number of benzene rings is 1. The van der Waals surface area contributed by atoms with E-state index in [1.807, 2.05) is 32.0 Å². The number of aryl methyl sites for hydroxylation is 1. The lowest BCUT2D eigenvalue weighted by Gasteiger charge is -2.12. The molecule has 0 radical (unpaired) electrons. The fourth-order valence-electron chi connectivity index (χ4n) is 1.55. The molecule has 0 aliphatic carbocycles. The number of rotatable bonds is 5. The Balaban J connectivity index is 2.27. The van der Waals surface area contributed by atoms with Crippen LogP contribution in [0.4, 0.5) is 5.69 Å². The summed E-state index contributed by atoms with van der Waals surface area (Å²) in [7, 11) is 0. The zero-order valence-corrected chi connectivity index (χ0v) is 13.0. The highest BCUT2D eigenvalue weighted by Crippen LogP contribution is 2.33. The van der Waals surface area contributed by atoms with E-state index in [2.05, 4.69) is 25.9 Å². The molecule has 2 aromatic rings. The van der Waals surface area contributed by atoms with Gasteiger partial charge in [-0.05, 0) is 31.0 Å². The minimum absolute atomic E-state index is 0.298. The summed E-state index contributed by atoms with van der Waals surface area (Å²) in [5.41, 5.74) is 7.27. The van der Waals surface area contributed by atoms with Gasteiger partial charge in [0.15, 0.2) is 5.69 Å². The summed E-state index contributed by atoms with van der Waals surface area (Å²) in [6.07, 6.45) is 2.26. The molecule has 0 unspecified atom stereocenters. The van der Waals surface area contributed by atoms with Crippen molar-refractivity contribution in [2.75, 3.05) is 12.3 Å². The number of hydrogen-bond donors (Lipinski definition) is 1. The van der Waals surface area contributed by atoms with E-state index in [9.17, 15) is 0 Å². The van der Waals surface area contributed by atoms with Gasteiger partial charge >= 0.3 is 0 Å². The number of nitrogen functional groups attached to an aromatic ring is 1. The first-order valence-electron chi connectivity index (χ1n) is 6.29. The third-order valence-corrected chi connectivity index (χ3v) is 3.10. The molecule has 0 fully saturated rings. The molecule has 0 saturated heterocycles. The lowest BCUT2D eigenvalue weighted by Crippen LogP contribution is -2.04. The standard InChI is InChI=1S/C14H16BrN3O2/c1-3-6-19-13-12(16)14(18-8-17-13)20-11-7-10(15)5-4-9(11)2/h4-5,7-8H,3,6,16H2,1-2H3. The Labute approximate surface area is 126 Å². The van der Waals surface area contributed by atoms with Gasteiger partial charge in [-0.15, -0.1) is 0 Å². The summed E-state index contributed by atoms with van der Waals surface area (Å²) in [4.78, 5) is 8.07. The van der Waals surface area contributed by atoms with Gasteiger partial charge in [0.05, 0.1) is 6.61 Å². The average Bonchev–Trinajstić information content (AvgIpc) is 2.44. The number of nitrogens with zero attached hydrogens (tertiary/aromatic N) is 2. The maximum absolute atomic E-state index is 5.97. The first-order chi connectivity index (χ1) is 9.61. The first-order valence-corrected chi connectivity index (χ1v) is 7.08. The second kappa shape index (κ2) is 6.56. The van der Waals surface area contributed by atoms with Crippen LogP contribution < -0.4 is 15.2 Å². The Morgan fingerprint density at radius 1 is 1.25 bits per heavy atom. The quantitative estimate of drug-likeness (QED) is 0.900. The van der Waals surface area contributed by atoms with E-state index in [-0.39, 0.29) is 0 Å². The topological polar surface area (TPSA) is 70.3 Å². The molecule has 0 spiro atoms. The van der Waals surface area contributed by atoms with Gasteiger partial charge in [0.25, 0.3) is 0 Å². The fraction of sp³-hybridized carbons (Fsp3) is 0.286. The average molecular weight is 338 g/mol. The molecule has 6 heteroatoms. The van der Waals surface area contributed by atoms with E-state index in [1.165, 1.54) is 6.33 Å². The number of ether oxygens (including phenoxy) is 2. The molecular formula is C14H16BrN3O2. The molecule has 0 atom stereocenters. The number of hydrogen-bond acceptors (Lipinski definition) is 5. The molecule has 20 heavy (non-hydrogen) atoms. The second-order valence-corrected chi connectivity index (χ2v) is 5.17. The molecule has 0 aliphatic heterocycles. The Morgan fingerprint density at radius 3 is 2.75 bits per heavy atom. The lowest BCUT2D eigenvalue weighted by atomic mass is 10.2. The van der Waals surface area contributed by atoms with Gasteiger partial charge in [-0.3, -0.25) is 0 Å². The Morgan fingerprint density at radius 2 is 2.00 bits per heavy atom. The Kier molecular flexibility index (Phi) is 4.79. The molecular weight excluding hydrogens is 322 g/mol. The Hall–Kier alpha value is -1.82. The van der Waals surface area contributed by atoms with Crippen LogP contribution in [-0.4, -0.2) is 16.6 Å². The van der Waals surface area contributed by atoms with Crippen LogP contribution in [0, 0.1) is 6.92 Å². The van der Waals surface area contributed by atoms with Crippen molar-refractivity contribution in [2.24, 2.45) is 0 Å². The van der Waals surface area contributed by atoms with E-state index in [0.29, 0.717) is 29.8 Å². The van der Waals surface area contributed by atoms with E-state index in [1.54, 1.807) is 0 Å². The molecule has 0 saturated carbocycles. The third kappa shape index (κ3) is 3.39. The summed E-state index contributed by atoms with van der Waals surface area (Å²) < 4.78 is 12.1. The second-order valence-electron chi connectivity index (χ2n) is 4.26. The summed E-state index contributed by atoms with van der Waals surface area (Å²) >= 11 is 3.41. The van der Waals surface area contributed by atoms with Gasteiger partial charge in [0.2, 0.25) is 11.8 Å². The summed E-state index contributed by atoms with van der Waals surface area (Å²) in [6.45, 7) is 4.52. The largest absolute Gasteiger partial charge is 0.476 e. The van der Waals surface area contributed by atoms with Crippen molar-refractivity contribution < 1.29 is 9.47 Å². The van der Waals surface area contributed by atoms with Crippen molar-refractivity contribution >= 4 is 21.6 Å². The van der Waals surface area contributed by atoms with Gasteiger partial charge < -0.3 is 15.2 Å². The predicted molar refractivity (Wildman–Crippen MR) is 81.2 cm³/mol. The maximum Gasteiger partial charge on any atom is 0.249 e. The number of halogens is 1. The van der Waals surface area contributed by atoms with Crippen molar-refractivity contribution in [2.45, 2.75) is 20.3 Å². The minimum atomic E-state index is 0.298. The van der Waals surface area contributed by atoms with Crippen LogP contribution >= 0.6 is 15.9 Å². The third-order valence-electron chi connectivity index (χ3n) is 2.61. The van der Waals surface area contributed by atoms with Crippen LogP contribution in [0.15, 0.2) is 29.0 Å². The van der Waals surface area contributed by atoms with E-state index >= 15 is 0 Å². The molecule has 0 aliphatic rings. The normalized spacial score (nSPS) is 10.3. The van der Waals surface area contributed by atoms with Crippen LogP contribution in [0.1, 0.15) is 18.9 Å². The first kappa shape index (κ1) is 14.6. The van der Waals surface area contributed by atoms with Crippen LogP contribution in [0.25, 0.3) is 0 Å². The monoisotopic (exact) mass is 337 g/mol. The van der Waals surface area contributed by atoms with Gasteiger partial charge in [0, 0.05) is 4.47 Å². The van der Waals surface area contributed by atoms with Crippen molar-refractivity contribution in [1.82, 2.24) is 9.97 Å². The molecule has 5 nitrogen and oxygen atoms in total. The molecule has 106 valence electrons. The molecule has 1 aromatic carbocycles. The molecule has 1 aromatic heterocycles. The SMILES string of the molecule is CCCOc1ncnc(Oc2cc(Br)ccc2C)c1N. The van der Waals surface area contributed by atoms with E-state index < -0.39 is 0 Å². The van der Waals surface area contributed by atoms with E-state index in [4.69, 9.17) is 15.2 Å². The van der Waals surface area contributed by atoms with E-state index in [0.717, 1.165) is 16.5 Å². The molecule has 0 amide bonds. The van der Waals surface area contributed by atoms with Gasteiger partial charge in [0.1, 0.15) is 12.1 Å². The van der Waals surface area contributed by atoms with Gasteiger partial charge in [-0.1, -0.05) is 28.9 Å². The van der Waals surface area contributed by atoms with Crippen molar-refractivity contribution in [1.29, 1.82) is 0 Å². The minimum Gasteiger partial charge on any atom is -0.476 e. The highest BCUT2D eigenvalue weighted by molar-refractivity contribution is 9.10. The van der Waals surface area contributed by atoms with Crippen molar-refractivity contribution in [3.8, 4) is 17.5 Å². The highest BCUT2D eigenvalue weighted by atomic mass is 79.9. The predicted octanol–water partition coefficient (Wildman–Crippen LogP) is 3.71. The summed E-state index contributed by atoms with van der Waals surface area (Å²) in [5.74, 6) is 1.34. The molecule has 0 bridgehead atoms. The smallest absolute Gasteiger partial charge is 0.249 e. The van der Waals surface area contributed by atoms with Crippen LogP contribution in [0.2, 0.25) is 0 Å². The molecule has 2 N–H and O–H groups in total. The van der Waals surface area contributed by atoms with Gasteiger partial charge in [-0.2, -0.15) is 9.97 Å². The fourth-order valence-corrected chi connectivity index (χ4v) is 1.89. The Bertz CT molecular complexity index is 605. The van der Waals surface area contributed by atoms with Crippen molar-refractivity contribution in [3.05, 3.63) is 34.6 Å². The number of nitrogens with two attached hydrogens (primary N) is 1. The number of aromatic nitrogens is 2. The maximum atomic E-state index is 5.97. The van der Waals surface area contributed by atoms with Gasteiger partial charge in [-0.25, -0.2) is 0 Å². The summed E-state index contributed by atoms with van der Waals surface area (Å²) in [5, 5.41) is 0. The molecule has 2 rings (SSSR count). The molecule has 1 heterocycles. The number of anilines is 1. The van der Waals surface area contributed by atoms with Crippen LogP contribution in [-0.2, 0) is 0 Å². The summed E-state index contributed by atoms with van der Waals surface area (Å²) in [6, 6.07) is 5.76. The van der Waals surface area contributed by atoms with Crippen molar-refractivity contribution in [3.63, 3.8) is 0 Å². The van der Waals surface area contributed by atoms with Crippen LogP contribution in [0.5, 0.6) is 17.5 Å². The van der Waals surface area contributed by atoms with Crippen LogP contribution in [0.3, 0.4) is 0 Å². The highest BCUT2D eigenvalue weighted by Gasteiger charge is 2.12. The zero-order valence-electron chi connectivity index (χ0n) is 11.4. The lowest BCUT2D eigenvalue weighted by molar-refractivity contribution is 0.304.